The maximum atomic E-state index is 2.56. The van der Waals surface area contributed by atoms with Gasteiger partial charge in [-0.15, -0.1) is 0 Å². The Bertz CT molecular complexity index is 2480. The van der Waals surface area contributed by atoms with E-state index in [1.807, 2.05) is 0 Å². The van der Waals surface area contributed by atoms with Gasteiger partial charge in [0.1, 0.15) is 0 Å². The summed E-state index contributed by atoms with van der Waals surface area (Å²) in [5.74, 6) is 0. The summed E-state index contributed by atoms with van der Waals surface area (Å²) in [6.07, 6.45) is 0. The van der Waals surface area contributed by atoms with Gasteiger partial charge in [-0.05, 0) is 0 Å². The molecule has 0 aromatic heterocycles. The topological polar surface area (TPSA) is 0 Å². The Labute approximate surface area is 332 Å². The molecule has 0 amide bonds. The van der Waals surface area contributed by atoms with Crippen LogP contribution in [0.1, 0.15) is 71.2 Å². The molecule has 0 nitrogen and oxygen atoms in total. The first-order valence-corrected chi connectivity index (χ1v) is 28.8. The summed E-state index contributed by atoms with van der Waals surface area (Å²) >= 11 is -3.51. The van der Waals surface area contributed by atoms with E-state index in [9.17, 15) is 0 Å². The molecule has 7 aromatic carbocycles. The van der Waals surface area contributed by atoms with E-state index in [4.69, 9.17) is 0 Å². The number of hydrogen-bond acceptors (Lipinski definition) is 0. The monoisotopic (exact) mass is 819 g/mol. The molecule has 2 aliphatic carbocycles. The molecule has 0 spiro atoms. The summed E-state index contributed by atoms with van der Waals surface area (Å²) in [6, 6.07) is 57.8. The zero-order valence-corrected chi connectivity index (χ0v) is 36.1. The number of benzene rings is 7. The van der Waals surface area contributed by atoms with Crippen molar-refractivity contribution in [2.45, 2.75) is 39.1 Å². The minimum atomic E-state index is -3.51. The fraction of sp³-hybridized carbons (Fsp3) is 0.143. The molecule has 0 bridgehead atoms. The van der Waals surface area contributed by atoms with Crippen LogP contribution in [0.2, 0.25) is 0 Å². The minimum absolute atomic E-state index is 0. The Kier molecular flexibility index (Phi) is 10.5. The summed E-state index contributed by atoms with van der Waals surface area (Å²) in [6.45, 7) is 12.1. The van der Waals surface area contributed by atoms with Crippen molar-refractivity contribution in [2.24, 2.45) is 0 Å². The van der Waals surface area contributed by atoms with Crippen LogP contribution in [0.15, 0.2) is 163 Å². The molecule has 2 unspecified atom stereocenters. The van der Waals surface area contributed by atoms with Crippen molar-refractivity contribution in [3.63, 3.8) is 0 Å². The number of halogens is 2. The van der Waals surface area contributed by atoms with Crippen LogP contribution in [-0.2, 0) is 23.0 Å². The molecule has 0 N–H and O–H groups in total. The van der Waals surface area contributed by atoms with Crippen LogP contribution in [0.25, 0.3) is 32.7 Å². The quantitative estimate of drug-likeness (QED) is 0.182. The van der Waals surface area contributed by atoms with Gasteiger partial charge in [0.05, 0.1) is 0 Å². The molecular formula is C49H43Cl2SiZr. The average Bonchev–Trinajstić information content (AvgIpc) is 3.60. The number of aryl methyl sites for hydroxylation is 2. The van der Waals surface area contributed by atoms with Crippen molar-refractivity contribution in [1.82, 2.24) is 0 Å². The van der Waals surface area contributed by atoms with E-state index in [-0.39, 0.29) is 24.8 Å². The summed E-state index contributed by atoms with van der Waals surface area (Å²) in [5.41, 5.74) is 19.1. The second-order valence-corrected chi connectivity index (χ2v) is 32.7. The van der Waals surface area contributed by atoms with Crippen LogP contribution in [0.5, 0.6) is 0 Å². The van der Waals surface area contributed by atoms with Gasteiger partial charge >= 0.3 is 310 Å². The third-order valence-corrected chi connectivity index (χ3v) is 30.1. The summed E-state index contributed by atoms with van der Waals surface area (Å²) in [4.78, 5) is 0. The van der Waals surface area contributed by atoms with Crippen LogP contribution >= 0.6 is 0 Å². The second-order valence-electron chi connectivity index (χ2n) is 15.1. The summed E-state index contributed by atoms with van der Waals surface area (Å²) < 4.78 is 2.05. The van der Waals surface area contributed by atoms with E-state index in [1.54, 1.807) is 22.3 Å². The van der Waals surface area contributed by atoms with E-state index in [1.165, 1.54) is 75.8 Å². The zero-order chi connectivity index (χ0) is 34.9. The molecule has 0 saturated carbocycles. The smallest absolute Gasteiger partial charge is 1.00 e. The van der Waals surface area contributed by atoms with Crippen LogP contribution in [-0.4, -0.2) is 6.88 Å². The van der Waals surface area contributed by atoms with Gasteiger partial charge in [-0.25, -0.2) is 0 Å². The molecule has 0 aliphatic heterocycles. The fourth-order valence-electron chi connectivity index (χ4n) is 9.91. The van der Waals surface area contributed by atoms with Crippen molar-refractivity contribution in [3.8, 4) is 0 Å². The molecule has 261 valence electrons. The molecule has 9 rings (SSSR count). The molecule has 0 heterocycles. The first-order valence-electron chi connectivity index (χ1n) is 18.3. The van der Waals surface area contributed by atoms with Crippen LogP contribution in [0, 0.1) is 13.8 Å². The third-order valence-electron chi connectivity index (χ3n) is 11.9. The van der Waals surface area contributed by atoms with E-state index >= 15 is 0 Å². The Hall–Kier alpha value is -3.78. The fourth-order valence-corrected chi connectivity index (χ4v) is 31.3. The van der Waals surface area contributed by atoms with Gasteiger partial charge in [-0.1, -0.05) is 0 Å². The van der Waals surface area contributed by atoms with E-state index in [2.05, 4.69) is 186 Å². The number of hydrogen-bond donors (Lipinski definition) is 0. The normalized spacial score (nSPS) is 16.7. The number of fused-ring (bicyclic) bond motifs is 4. The summed E-state index contributed by atoms with van der Waals surface area (Å²) in [5, 5.41) is 5.31. The molecule has 7 aromatic rings. The van der Waals surface area contributed by atoms with Crippen molar-refractivity contribution >= 4 is 39.6 Å². The van der Waals surface area contributed by atoms with Gasteiger partial charge in [0.2, 0.25) is 0 Å². The maximum absolute atomic E-state index is 3.51. The van der Waals surface area contributed by atoms with E-state index in [0.717, 1.165) is 0 Å². The minimum Gasteiger partial charge on any atom is -1.00 e. The molecule has 0 saturated heterocycles. The number of rotatable bonds is 6. The second kappa shape index (κ2) is 14.8. The van der Waals surface area contributed by atoms with Gasteiger partial charge in [-0.2, -0.15) is 0 Å². The van der Waals surface area contributed by atoms with Gasteiger partial charge in [-0.3, -0.25) is 0 Å². The molecule has 4 heteroatoms. The molecular weight excluding hydrogens is 779 g/mol. The van der Waals surface area contributed by atoms with Crippen molar-refractivity contribution in [3.05, 3.63) is 213 Å². The van der Waals surface area contributed by atoms with Gasteiger partial charge in [0, 0.05) is 0 Å². The summed E-state index contributed by atoms with van der Waals surface area (Å²) in [7, 11) is 0. The molecule has 2 aliphatic rings. The van der Waals surface area contributed by atoms with Crippen molar-refractivity contribution in [2.75, 3.05) is 0 Å². The molecule has 0 radical (unpaired) electrons. The Balaban J connectivity index is 0.00000218. The van der Waals surface area contributed by atoms with Gasteiger partial charge < -0.3 is 24.8 Å². The largest absolute Gasteiger partial charge is 1.00 e. The predicted octanol–water partition coefficient (Wildman–Crippen LogP) is 5.97. The standard InChI is InChI=1S/2C21H17.C7H7.2ClH.H2Si.Zr/c2*1-14-10-11-19-17(12-14)13-15(2)21(19)20-9-5-7-16-6-3-4-8-18(16)20;1-7-5-3-2-4-6-7;;;;/h2*3-13H,1-2H3;2-6H,1H2;2*1H;1H2;/q;;;;;;+2/p-2. The van der Waals surface area contributed by atoms with E-state index in [0.29, 0.717) is 7.25 Å². The SMILES string of the molecule is CC1=C(c2cccc3ccccc23)c2ccc(C)cc2[CH]1[Zr+2](=[SiH2])([CH2]c1ccccc1)[CH]1C(C)=C(c2cccc3ccccc23)c2ccc(C)cc21.[Cl-].[Cl-]. The number of allylic oxidation sites excluding steroid dienone is 2. The van der Waals surface area contributed by atoms with Crippen LogP contribution in [0.4, 0.5) is 0 Å². The Morgan fingerprint density at radius 3 is 1.34 bits per heavy atom. The first kappa shape index (κ1) is 37.5. The van der Waals surface area contributed by atoms with Crippen LogP contribution < -0.4 is 24.8 Å². The molecule has 2 atom stereocenters. The average molecular weight is 822 g/mol. The van der Waals surface area contributed by atoms with Gasteiger partial charge in [0.15, 0.2) is 0 Å². The Morgan fingerprint density at radius 1 is 0.453 bits per heavy atom. The van der Waals surface area contributed by atoms with Crippen LogP contribution in [0.3, 0.4) is 0 Å². The zero-order valence-electron chi connectivity index (χ0n) is 30.8. The van der Waals surface area contributed by atoms with E-state index < -0.39 is 18.9 Å². The molecule has 53 heavy (non-hydrogen) atoms. The maximum Gasteiger partial charge on any atom is -1.00 e. The Morgan fingerprint density at radius 2 is 0.868 bits per heavy atom. The first-order chi connectivity index (χ1) is 24.8. The van der Waals surface area contributed by atoms with Crippen molar-refractivity contribution in [1.29, 1.82) is 0 Å². The predicted molar refractivity (Wildman–Crippen MR) is 218 cm³/mol. The molecule has 0 fully saturated rings. The van der Waals surface area contributed by atoms with Crippen molar-refractivity contribution < 1.29 is 43.7 Å². The third kappa shape index (κ3) is 6.17. The van der Waals surface area contributed by atoms with Gasteiger partial charge in [0.25, 0.3) is 0 Å².